The lowest BCUT2D eigenvalue weighted by molar-refractivity contribution is 0.590. The number of aryl methyl sites for hydroxylation is 1. The molecule has 0 aromatic heterocycles. The van der Waals surface area contributed by atoms with Crippen LogP contribution in [0.4, 0.5) is 51.2 Å². The maximum Gasteiger partial charge on any atom is 0.252 e. The Morgan fingerprint density at radius 2 is 0.932 bits per heavy atom. The van der Waals surface area contributed by atoms with Crippen LogP contribution in [0.15, 0.2) is 237 Å². The van der Waals surface area contributed by atoms with Gasteiger partial charge in [-0.05, 0) is 151 Å². The fourth-order valence-corrected chi connectivity index (χ4v) is 12.6. The van der Waals surface area contributed by atoms with E-state index in [1.54, 1.807) is 0 Å². The van der Waals surface area contributed by atoms with E-state index in [0.29, 0.717) is 0 Å². The monoisotopic (exact) mass is 953 g/mol. The van der Waals surface area contributed by atoms with Crippen LogP contribution in [0.25, 0.3) is 11.1 Å². The first-order chi connectivity index (χ1) is 35.9. The molecule has 10 aromatic rings. The van der Waals surface area contributed by atoms with E-state index < -0.39 is 5.41 Å². The van der Waals surface area contributed by atoms with Gasteiger partial charge in [-0.1, -0.05) is 205 Å². The van der Waals surface area contributed by atoms with Gasteiger partial charge in [-0.2, -0.15) is 0 Å². The van der Waals surface area contributed by atoms with Crippen LogP contribution < -0.4 is 31.1 Å². The van der Waals surface area contributed by atoms with Crippen LogP contribution in [0.1, 0.15) is 80.5 Å². The molecule has 74 heavy (non-hydrogen) atoms. The van der Waals surface area contributed by atoms with Crippen LogP contribution in [-0.2, 0) is 16.2 Å². The highest BCUT2D eigenvalue weighted by molar-refractivity contribution is 7.00. The molecule has 0 saturated heterocycles. The van der Waals surface area contributed by atoms with E-state index in [4.69, 9.17) is 0 Å². The van der Waals surface area contributed by atoms with Crippen molar-refractivity contribution in [1.29, 1.82) is 0 Å². The Bertz CT molecular complexity index is 3680. The van der Waals surface area contributed by atoms with Gasteiger partial charge in [-0.3, -0.25) is 0 Å². The Hall–Kier alpha value is -8.34. The number of hydrogen-bond acceptors (Lipinski definition) is 3. The molecule has 0 N–H and O–H groups in total. The molecule has 0 saturated carbocycles. The molecule has 0 unspecified atom stereocenters. The zero-order valence-corrected chi connectivity index (χ0v) is 43.4. The van der Waals surface area contributed by atoms with E-state index in [-0.39, 0.29) is 17.5 Å². The summed E-state index contributed by atoms with van der Waals surface area (Å²) in [6.07, 6.45) is 0. The first-order valence-electron chi connectivity index (χ1n) is 26.3. The van der Waals surface area contributed by atoms with Crippen LogP contribution in [0.5, 0.6) is 0 Å². The maximum atomic E-state index is 2.65. The molecular formula is C70H60BN3. The number of nitrogens with zero attached hydrogens (tertiary/aromatic N) is 3. The molecule has 358 valence electrons. The molecule has 0 amide bonds. The van der Waals surface area contributed by atoms with Crippen molar-refractivity contribution < 1.29 is 0 Å². The SMILES string of the molecule is Cc1cc2c3c(c1)N(c1cccc4c1-c1ccccc1C4(c1ccccc1)c1ccccc1)c1cc(N(c4ccccc4)c4ccccc4)ccc1B3c1cc(C(C)(C)C)ccc1N2c1ccc(C(C)(C)C)cc1. The van der Waals surface area contributed by atoms with Gasteiger partial charge in [0, 0.05) is 51.1 Å². The summed E-state index contributed by atoms with van der Waals surface area (Å²) in [6, 6.07) is 89.1. The van der Waals surface area contributed by atoms with Crippen LogP contribution in [0, 0.1) is 6.92 Å². The summed E-state index contributed by atoms with van der Waals surface area (Å²) < 4.78 is 0. The molecule has 2 aliphatic heterocycles. The second-order valence-electron chi connectivity index (χ2n) is 22.6. The fourth-order valence-electron chi connectivity index (χ4n) is 12.6. The van der Waals surface area contributed by atoms with Gasteiger partial charge in [0.2, 0.25) is 0 Å². The Labute approximate surface area is 438 Å². The molecule has 2 heterocycles. The minimum atomic E-state index is -0.560. The van der Waals surface area contributed by atoms with E-state index in [9.17, 15) is 0 Å². The van der Waals surface area contributed by atoms with E-state index in [1.165, 1.54) is 89.2 Å². The first kappa shape index (κ1) is 45.5. The molecule has 1 aliphatic carbocycles. The zero-order chi connectivity index (χ0) is 50.5. The number of rotatable bonds is 7. The Morgan fingerprint density at radius 1 is 0.392 bits per heavy atom. The predicted molar refractivity (Wildman–Crippen MR) is 315 cm³/mol. The summed E-state index contributed by atoms with van der Waals surface area (Å²) in [5.74, 6) is 0. The topological polar surface area (TPSA) is 9.72 Å². The Kier molecular flexibility index (Phi) is 10.5. The van der Waals surface area contributed by atoms with Crippen LogP contribution in [-0.4, -0.2) is 6.71 Å². The normalized spacial score (nSPS) is 13.9. The van der Waals surface area contributed by atoms with Crippen molar-refractivity contribution in [2.45, 2.75) is 64.7 Å². The summed E-state index contributed by atoms with van der Waals surface area (Å²) in [6.45, 7) is 16.1. The quantitative estimate of drug-likeness (QED) is 0.147. The third-order valence-corrected chi connectivity index (χ3v) is 16.0. The minimum absolute atomic E-state index is 0.0282. The molecule has 3 aliphatic rings. The average Bonchev–Trinajstić information content (AvgIpc) is 3.76. The lowest BCUT2D eigenvalue weighted by Gasteiger charge is -2.45. The van der Waals surface area contributed by atoms with Gasteiger partial charge in [0.05, 0.1) is 11.1 Å². The van der Waals surface area contributed by atoms with Crippen molar-refractivity contribution in [2.24, 2.45) is 0 Å². The zero-order valence-electron chi connectivity index (χ0n) is 43.4. The van der Waals surface area contributed by atoms with Crippen LogP contribution >= 0.6 is 0 Å². The second kappa shape index (κ2) is 17.1. The number of hydrogen-bond donors (Lipinski definition) is 0. The number of fused-ring (bicyclic) bond motifs is 7. The van der Waals surface area contributed by atoms with Gasteiger partial charge < -0.3 is 14.7 Å². The van der Waals surface area contributed by atoms with Crippen molar-refractivity contribution in [2.75, 3.05) is 14.7 Å². The van der Waals surface area contributed by atoms with E-state index >= 15 is 0 Å². The fraction of sp³-hybridized carbons (Fsp3) is 0.143. The van der Waals surface area contributed by atoms with Gasteiger partial charge in [-0.15, -0.1) is 0 Å². The van der Waals surface area contributed by atoms with E-state index in [1.807, 2.05) is 0 Å². The second-order valence-corrected chi connectivity index (χ2v) is 22.6. The van der Waals surface area contributed by atoms with Crippen molar-refractivity contribution in [3.8, 4) is 11.1 Å². The van der Waals surface area contributed by atoms with Crippen molar-refractivity contribution in [3.05, 3.63) is 276 Å². The summed E-state index contributed by atoms with van der Waals surface area (Å²) in [5, 5.41) is 0. The highest BCUT2D eigenvalue weighted by Crippen LogP contribution is 2.60. The molecule has 0 radical (unpaired) electrons. The van der Waals surface area contributed by atoms with Gasteiger partial charge in [0.1, 0.15) is 0 Å². The molecule has 4 heteroatoms. The highest BCUT2D eigenvalue weighted by atomic mass is 15.2. The Morgan fingerprint density at radius 3 is 1.54 bits per heavy atom. The van der Waals surface area contributed by atoms with Gasteiger partial charge in [0.15, 0.2) is 0 Å². The van der Waals surface area contributed by atoms with Crippen molar-refractivity contribution in [3.63, 3.8) is 0 Å². The predicted octanol–water partition coefficient (Wildman–Crippen LogP) is 16.5. The number of anilines is 9. The first-order valence-corrected chi connectivity index (χ1v) is 26.3. The largest absolute Gasteiger partial charge is 0.311 e. The smallest absolute Gasteiger partial charge is 0.252 e. The summed E-state index contributed by atoms with van der Waals surface area (Å²) in [4.78, 5) is 7.61. The molecule has 3 nitrogen and oxygen atoms in total. The average molecular weight is 954 g/mol. The summed E-state index contributed by atoms with van der Waals surface area (Å²) in [5.41, 5.74) is 25.2. The van der Waals surface area contributed by atoms with Crippen LogP contribution in [0.2, 0.25) is 0 Å². The highest BCUT2D eigenvalue weighted by Gasteiger charge is 2.49. The third kappa shape index (κ3) is 7.02. The molecule has 0 fully saturated rings. The van der Waals surface area contributed by atoms with Gasteiger partial charge in [0.25, 0.3) is 6.71 Å². The van der Waals surface area contributed by atoms with Gasteiger partial charge >= 0.3 is 0 Å². The van der Waals surface area contributed by atoms with E-state index in [0.717, 1.165) is 28.4 Å². The summed E-state index contributed by atoms with van der Waals surface area (Å²) in [7, 11) is 0. The van der Waals surface area contributed by atoms with Crippen molar-refractivity contribution in [1.82, 2.24) is 0 Å². The number of para-hydroxylation sites is 2. The molecule has 10 aromatic carbocycles. The number of benzene rings is 10. The van der Waals surface area contributed by atoms with Crippen LogP contribution in [0.3, 0.4) is 0 Å². The molecule has 0 spiro atoms. The standard InChI is InChI=1S/C70H60BN3/c1-47-43-64-67-65(44-47)74(62-34-22-33-58-66(62)56-31-20-21-32-57(56)70(58,49-23-12-8-13-24-49)50-25-14-9-15-26-50)63-46-55(72(52-27-16-10-17-28-52)53-29-18-11-19-30-53)40-41-59(63)71(67)60-45-51(69(5,6)7)37-42-61(60)73(64)54-38-35-48(36-39-54)68(2,3)4/h8-46H,1-7H3. The van der Waals surface area contributed by atoms with Crippen molar-refractivity contribution >= 4 is 74.3 Å². The lowest BCUT2D eigenvalue weighted by Crippen LogP contribution is -2.61. The minimum Gasteiger partial charge on any atom is -0.311 e. The third-order valence-electron chi connectivity index (χ3n) is 16.0. The Balaban J connectivity index is 1.15. The molecule has 13 rings (SSSR count). The lowest BCUT2D eigenvalue weighted by atomic mass is 9.33. The van der Waals surface area contributed by atoms with Gasteiger partial charge in [-0.25, -0.2) is 0 Å². The molecule has 0 bridgehead atoms. The maximum absolute atomic E-state index is 2.65. The molecular weight excluding hydrogens is 894 g/mol. The molecule has 0 atom stereocenters. The summed E-state index contributed by atoms with van der Waals surface area (Å²) >= 11 is 0. The van der Waals surface area contributed by atoms with E-state index in [2.05, 4.69) is 300 Å².